The first kappa shape index (κ1) is 23.8. The molecule has 1 aliphatic heterocycles. The van der Waals surface area contributed by atoms with Crippen molar-refractivity contribution in [2.24, 2.45) is 5.92 Å². The van der Waals surface area contributed by atoms with Crippen LogP contribution in [0.3, 0.4) is 0 Å². The van der Waals surface area contributed by atoms with Crippen LogP contribution in [0.2, 0.25) is 0 Å². The molecular formula is C26H35N3O3. The van der Waals surface area contributed by atoms with E-state index < -0.39 is 12.1 Å². The molecule has 3 rings (SSSR count). The van der Waals surface area contributed by atoms with E-state index in [1.807, 2.05) is 50.2 Å². The van der Waals surface area contributed by atoms with E-state index in [4.69, 9.17) is 4.74 Å². The molecule has 0 aliphatic carbocycles. The minimum Gasteiger partial charge on any atom is -0.445 e. The Labute approximate surface area is 191 Å². The Kier molecular flexibility index (Phi) is 9.11. The Bertz CT molecular complexity index is 836. The summed E-state index contributed by atoms with van der Waals surface area (Å²) in [7, 11) is 0. The Hall–Kier alpha value is -2.86. The Morgan fingerprint density at radius 3 is 2.19 bits per heavy atom. The molecule has 6 nitrogen and oxygen atoms in total. The number of rotatable bonds is 9. The molecule has 1 saturated heterocycles. The summed E-state index contributed by atoms with van der Waals surface area (Å²) in [5.41, 5.74) is 2.22. The van der Waals surface area contributed by atoms with Crippen molar-refractivity contribution in [1.82, 2.24) is 15.5 Å². The van der Waals surface area contributed by atoms with Gasteiger partial charge < -0.3 is 15.4 Å². The van der Waals surface area contributed by atoms with Gasteiger partial charge in [0.25, 0.3) is 0 Å². The maximum absolute atomic E-state index is 13.0. The number of alkyl carbamates (subject to hydrolysis) is 1. The molecule has 0 aromatic heterocycles. The Morgan fingerprint density at radius 1 is 1.00 bits per heavy atom. The average Bonchev–Trinajstić information content (AvgIpc) is 2.83. The summed E-state index contributed by atoms with van der Waals surface area (Å²) in [6.45, 7) is 7.00. The van der Waals surface area contributed by atoms with E-state index in [2.05, 4.69) is 39.8 Å². The highest BCUT2D eigenvalue weighted by Crippen LogP contribution is 2.15. The normalized spacial score (nSPS) is 16.7. The summed E-state index contributed by atoms with van der Waals surface area (Å²) in [6, 6.07) is 19.5. The molecule has 0 unspecified atom stereocenters. The van der Waals surface area contributed by atoms with Crippen molar-refractivity contribution in [2.45, 2.75) is 58.3 Å². The van der Waals surface area contributed by atoms with Crippen molar-refractivity contribution in [1.29, 1.82) is 0 Å². The number of amides is 2. The van der Waals surface area contributed by atoms with Crippen molar-refractivity contribution in [3.8, 4) is 0 Å². The molecule has 6 heteroatoms. The van der Waals surface area contributed by atoms with E-state index in [-0.39, 0.29) is 24.5 Å². The van der Waals surface area contributed by atoms with Crippen LogP contribution in [-0.2, 0) is 22.7 Å². The molecule has 1 aliphatic rings. The number of hydrogen-bond donors (Lipinski definition) is 2. The SMILES string of the molecule is CC[C@@H](C)[C@@H](NC(=O)OCc1ccccc1)C(=O)NC1CCN(Cc2ccccc2)CC1. The number of piperidine rings is 1. The lowest BCUT2D eigenvalue weighted by Gasteiger charge is -2.33. The second-order valence-electron chi connectivity index (χ2n) is 8.61. The summed E-state index contributed by atoms with van der Waals surface area (Å²) < 4.78 is 5.33. The third-order valence-electron chi connectivity index (χ3n) is 6.16. The fraction of sp³-hybridized carbons (Fsp3) is 0.462. The minimum absolute atomic E-state index is 0.0115. The third kappa shape index (κ3) is 7.38. The molecule has 2 aromatic carbocycles. The smallest absolute Gasteiger partial charge is 0.408 e. The zero-order chi connectivity index (χ0) is 22.8. The van der Waals surface area contributed by atoms with E-state index in [0.29, 0.717) is 0 Å². The monoisotopic (exact) mass is 437 g/mol. The number of carbonyl (C=O) groups is 2. The van der Waals surface area contributed by atoms with E-state index >= 15 is 0 Å². The van der Waals surface area contributed by atoms with Crippen molar-refractivity contribution >= 4 is 12.0 Å². The van der Waals surface area contributed by atoms with Crippen LogP contribution in [0.1, 0.15) is 44.2 Å². The zero-order valence-electron chi connectivity index (χ0n) is 19.1. The summed E-state index contributed by atoms with van der Waals surface area (Å²) in [4.78, 5) is 27.8. The molecule has 2 aromatic rings. The van der Waals surface area contributed by atoms with Gasteiger partial charge in [0.05, 0.1) is 0 Å². The second kappa shape index (κ2) is 12.2. The highest BCUT2D eigenvalue weighted by Gasteiger charge is 2.29. The lowest BCUT2D eigenvalue weighted by atomic mass is 9.97. The van der Waals surface area contributed by atoms with Gasteiger partial charge in [-0.2, -0.15) is 0 Å². The van der Waals surface area contributed by atoms with E-state index in [1.54, 1.807) is 0 Å². The first-order chi connectivity index (χ1) is 15.5. The van der Waals surface area contributed by atoms with Crippen molar-refractivity contribution in [3.63, 3.8) is 0 Å². The Morgan fingerprint density at radius 2 is 1.59 bits per heavy atom. The lowest BCUT2D eigenvalue weighted by Crippen LogP contribution is -2.54. The van der Waals surface area contributed by atoms with Crippen molar-refractivity contribution < 1.29 is 14.3 Å². The van der Waals surface area contributed by atoms with Crippen LogP contribution in [0.4, 0.5) is 4.79 Å². The summed E-state index contributed by atoms with van der Waals surface area (Å²) in [5.74, 6) is -0.116. The molecule has 172 valence electrons. The third-order valence-corrected chi connectivity index (χ3v) is 6.16. The summed E-state index contributed by atoms with van der Waals surface area (Å²) in [5, 5.41) is 5.95. The molecular weight excluding hydrogens is 402 g/mol. The van der Waals surface area contributed by atoms with Crippen LogP contribution in [0, 0.1) is 5.92 Å². The van der Waals surface area contributed by atoms with Crippen molar-refractivity contribution in [3.05, 3.63) is 71.8 Å². The van der Waals surface area contributed by atoms with Crippen LogP contribution in [-0.4, -0.2) is 42.1 Å². The van der Waals surface area contributed by atoms with Gasteiger partial charge in [-0.05, 0) is 29.9 Å². The fourth-order valence-corrected chi connectivity index (χ4v) is 3.96. The number of benzene rings is 2. The van der Waals surface area contributed by atoms with Gasteiger partial charge in [-0.15, -0.1) is 0 Å². The highest BCUT2D eigenvalue weighted by molar-refractivity contribution is 5.86. The van der Waals surface area contributed by atoms with Gasteiger partial charge in [-0.3, -0.25) is 9.69 Å². The molecule has 0 radical (unpaired) electrons. The molecule has 2 amide bonds. The van der Waals surface area contributed by atoms with Crippen molar-refractivity contribution in [2.75, 3.05) is 13.1 Å². The summed E-state index contributed by atoms with van der Waals surface area (Å²) in [6.07, 6.45) is 2.04. The van der Waals surface area contributed by atoms with Gasteiger partial charge in [0.15, 0.2) is 0 Å². The standard InChI is InChI=1S/C26H35N3O3/c1-3-20(2)24(28-26(31)32-19-22-12-8-5-9-13-22)25(30)27-23-14-16-29(17-15-23)18-21-10-6-4-7-11-21/h4-13,20,23-24H,3,14-19H2,1-2H3,(H,27,30)(H,28,31)/t20-,24-/m1/s1. The maximum atomic E-state index is 13.0. The molecule has 2 N–H and O–H groups in total. The molecule has 32 heavy (non-hydrogen) atoms. The van der Waals surface area contributed by atoms with Gasteiger partial charge in [-0.1, -0.05) is 80.9 Å². The molecule has 0 saturated carbocycles. The molecule has 0 spiro atoms. The average molecular weight is 438 g/mol. The zero-order valence-corrected chi connectivity index (χ0v) is 19.1. The highest BCUT2D eigenvalue weighted by atomic mass is 16.5. The van der Waals surface area contributed by atoms with E-state index in [0.717, 1.165) is 44.5 Å². The van der Waals surface area contributed by atoms with Crippen LogP contribution in [0.25, 0.3) is 0 Å². The maximum Gasteiger partial charge on any atom is 0.408 e. The van der Waals surface area contributed by atoms with Crippen LogP contribution >= 0.6 is 0 Å². The number of nitrogens with zero attached hydrogens (tertiary/aromatic N) is 1. The summed E-state index contributed by atoms with van der Waals surface area (Å²) >= 11 is 0. The number of ether oxygens (including phenoxy) is 1. The first-order valence-electron chi connectivity index (χ1n) is 11.6. The largest absolute Gasteiger partial charge is 0.445 e. The van der Waals surface area contributed by atoms with Gasteiger partial charge in [-0.25, -0.2) is 4.79 Å². The van der Waals surface area contributed by atoms with Crippen LogP contribution in [0.15, 0.2) is 60.7 Å². The van der Waals surface area contributed by atoms with Crippen LogP contribution in [0.5, 0.6) is 0 Å². The van der Waals surface area contributed by atoms with Gasteiger partial charge in [0.1, 0.15) is 12.6 Å². The minimum atomic E-state index is -0.606. The molecule has 1 fully saturated rings. The van der Waals surface area contributed by atoms with Gasteiger partial charge in [0, 0.05) is 25.7 Å². The van der Waals surface area contributed by atoms with Gasteiger partial charge in [0.2, 0.25) is 5.91 Å². The van der Waals surface area contributed by atoms with E-state index in [9.17, 15) is 9.59 Å². The van der Waals surface area contributed by atoms with Gasteiger partial charge >= 0.3 is 6.09 Å². The number of likely N-dealkylation sites (tertiary alicyclic amines) is 1. The lowest BCUT2D eigenvalue weighted by molar-refractivity contribution is -0.125. The number of carbonyl (C=O) groups excluding carboxylic acids is 2. The van der Waals surface area contributed by atoms with E-state index in [1.165, 1.54) is 5.56 Å². The Balaban J connectivity index is 1.46. The predicted octanol–water partition coefficient (Wildman–Crippen LogP) is 4.11. The first-order valence-corrected chi connectivity index (χ1v) is 11.6. The molecule has 2 atom stereocenters. The number of hydrogen-bond acceptors (Lipinski definition) is 4. The predicted molar refractivity (Wildman–Crippen MR) is 126 cm³/mol. The second-order valence-corrected chi connectivity index (χ2v) is 8.61. The fourth-order valence-electron chi connectivity index (χ4n) is 3.96. The molecule has 1 heterocycles. The number of nitrogens with one attached hydrogen (secondary N) is 2. The molecule has 0 bridgehead atoms. The quantitative estimate of drug-likeness (QED) is 0.619. The van der Waals surface area contributed by atoms with Crippen LogP contribution < -0.4 is 10.6 Å². The topological polar surface area (TPSA) is 70.7 Å².